The fraction of sp³-hybridized carbons (Fsp3) is 0.0741. The number of ether oxygens (including phenoxy) is 1. The highest BCUT2D eigenvalue weighted by atomic mass is 32.1. The van der Waals surface area contributed by atoms with Crippen molar-refractivity contribution in [2.24, 2.45) is 0 Å². The number of rotatable bonds is 4. The number of halogens is 1. The summed E-state index contributed by atoms with van der Waals surface area (Å²) in [5.41, 5.74) is 1.75. The van der Waals surface area contributed by atoms with E-state index in [9.17, 15) is 18.8 Å². The van der Waals surface area contributed by atoms with Crippen LogP contribution in [0.2, 0.25) is 0 Å². The number of hydrogen-bond donors (Lipinski definition) is 0. The number of carbonyl (C=O) groups excluding carboxylic acids is 2. The summed E-state index contributed by atoms with van der Waals surface area (Å²) in [5.74, 6) is -0.803. The summed E-state index contributed by atoms with van der Waals surface area (Å²) >= 11 is 1.05. The summed E-state index contributed by atoms with van der Waals surface area (Å²) in [6.45, 7) is 1.32. The molecule has 182 valence electrons. The highest BCUT2D eigenvalue weighted by Gasteiger charge is 2.34. The maximum atomic E-state index is 14.4. The largest absolute Gasteiger partial charge is 0.426 e. The third-order valence-corrected chi connectivity index (χ3v) is 7.01. The van der Waals surface area contributed by atoms with Gasteiger partial charge in [-0.25, -0.2) is 4.39 Å². The van der Waals surface area contributed by atoms with Crippen LogP contribution in [-0.2, 0) is 16.1 Å². The average molecular weight is 513 g/mol. The van der Waals surface area contributed by atoms with E-state index in [1.165, 1.54) is 17.9 Å². The van der Waals surface area contributed by atoms with Crippen LogP contribution in [0.15, 0.2) is 77.6 Å². The maximum absolute atomic E-state index is 14.4. The summed E-state index contributed by atoms with van der Waals surface area (Å²) in [5, 5.41) is 4.35. The number of hydrogen-bond acceptors (Lipinski definition) is 7. The first kappa shape index (κ1) is 22.7. The first-order valence-electron chi connectivity index (χ1n) is 11.3. The van der Waals surface area contributed by atoms with Crippen LogP contribution in [-0.4, -0.2) is 26.5 Å². The quantitative estimate of drug-likeness (QED) is 0.271. The Hall–Kier alpha value is -4.70. The van der Waals surface area contributed by atoms with Crippen LogP contribution in [0.3, 0.4) is 0 Å². The molecule has 0 fully saturated rings. The van der Waals surface area contributed by atoms with Crippen molar-refractivity contribution in [3.05, 3.63) is 105 Å². The molecule has 0 bridgehead atoms. The molecule has 0 atom stereocenters. The van der Waals surface area contributed by atoms with Gasteiger partial charge in [-0.3, -0.25) is 14.4 Å². The Morgan fingerprint density at radius 2 is 1.68 bits per heavy atom. The number of carbonyl (C=O) groups is 2. The second kappa shape index (κ2) is 8.75. The van der Waals surface area contributed by atoms with Gasteiger partial charge in [-0.1, -0.05) is 59.9 Å². The molecule has 0 unspecified atom stereocenters. The normalized spacial score (nSPS) is 14.3. The molecular weight excluding hydrogens is 495 g/mol. The van der Waals surface area contributed by atoms with Gasteiger partial charge in [-0.05, 0) is 24.3 Å². The van der Waals surface area contributed by atoms with Crippen molar-refractivity contribution in [3.8, 4) is 17.1 Å². The molecule has 6 rings (SSSR count). The van der Waals surface area contributed by atoms with E-state index in [-0.39, 0.29) is 33.2 Å². The topological polar surface area (TPSA) is 93.9 Å². The van der Waals surface area contributed by atoms with Crippen LogP contribution >= 0.6 is 11.3 Å². The Labute approximate surface area is 212 Å². The predicted octanol–water partition coefficient (Wildman–Crippen LogP) is 3.35. The zero-order chi connectivity index (χ0) is 25.7. The number of para-hydroxylation sites is 2. The molecule has 5 aromatic rings. The van der Waals surface area contributed by atoms with Gasteiger partial charge >= 0.3 is 5.97 Å². The first-order valence-corrected chi connectivity index (χ1v) is 12.1. The Morgan fingerprint density at radius 1 is 0.973 bits per heavy atom. The van der Waals surface area contributed by atoms with Gasteiger partial charge in [0.25, 0.3) is 11.5 Å². The summed E-state index contributed by atoms with van der Waals surface area (Å²) in [7, 11) is 0. The van der Waals surface area contributed by atoms with Gasteiger partial charge in [0.1, 0.15) is 16.1 Å². The van der Waals surface area contributed by atoms with Crippen molar-refractivity contribution >= 4 is 39.4 Å². The van der Waals surface area contributed by atoms with Gasteiger partial charge < -0.3 is 9.64 Å². The van der Waals surface area contributed by atoms with Gasteiger partial charge in [0.05, 0.1) is 23.4 Å². The van der Waals surface area contributed by atoms with E-state index < -0.39 is 23.3 Å². The SMILES string of the molecule is CC(=O)Oc1ccccc1-c1nc2s/c(=C3\C(=O)N(Cc4ccccc4F)c4ccccc43)c(=O)n2n1. The van der Waals surface area contributed by atoms with Crippen molar-refractivity contribution in [1.29, 1.82) is 0 Å². The minimum absolute atomic E-state index is 0.0258. The first-order chi connectivity index (χ1) is 17.9. The van der Waals surface area contributed by atoms with Crippen LogP contribution in [0.5, 0.6) is 5.75 Å². The number of benzene rings is 3. The maximum Gasteiger partial charge on any atom is 0.308 e. The molecule has 0 spiro atoms. The van der Waals surface area contributed by atoms with E-state index in [0.717, 1.165) is 15.9 Å². The fourth-order valence-corrected chi connectivity index (χ4v) is 5.35. The molecule has 3 heterocycles. The van der Waals surface area contributed by atoms with Crippen molar-refractivity contribution in [3.63, 3.8) is 0 Å². The summed E-state index contributed by atoms with van der Waals surface area (Å²) in [4.78, 5) is 44.7. The van der Waals surface area contributed by atoms with Gasteiger partial charge in [-0.15, -0.1) is 5.10 Å². The molecule has 0 radical (unpaired) electrons. The molecule has 10 heteroatoms. The number of nitrogens with zero attached hydrogens (tertiary/aromatic N) is 4. The van der Waals surface area contributed by atoms with E-state index in [2.05, 4.69) is 10.1 Å². The molecular formula is C27H17FN4O4S. The molecule has 8 nitrogen and oxygen atoms in total. The number of anilines is 1. The van der Waals surface area contributed by atoms with E-state index in [0.29, 0.717) is 22.4 Å². The Kier molecular flexibility index (Phi) is 5.38. The standard InChI is InChI=1S/C27H17FN4O4S/c1-15(33)36-21-13-7-4-10-18(21)24-29-27-32(30-24)26(35)23(37-27)22-17-9-3-6-12-20(17)31(25(22)34)14-16-8-2-5-11-19(16)28/h2-13H,14H2,1H3/b23-22-. The monoisotopic (exact) mass is 512 g/mol. The Bertz CT molecular complexity index is 1840. The third kappa shape index (κ3) is 3.78. The molecule has 1 aliphatic heterocycles. The number of amides is 1. The zero-order valence-electron chi connectivity index (χ0n) is 19.3. The average Bonchev–Trinajstić information content (AvgIpc) is 3.51. The van der Waals surface area contributed by atoms with Gasteiger partial charge in [0.15, 0.2) is 5.82 Å². The van der Waals surface area contributed by atoms with E-state index in [1.807, 2.05) is 0 Å². The number of fused-ring (bicyclic) bond motifs is 2. The second-order valence-electron chi connectivity index (χ2n) is 8.33. The molecule has 1 amide bonds. The molecule has 2 aromatic heterocycles. The van der Waals surface area contributed by atoms with E-state index in [4.69, 9.17) is 4.74 Å². The molecule has 0 saturated heterocycles. The minimum atomic E-state index is -0.491. The molecule has 0 aliphatic carbocycles. The highest BCUT2D eigenvalue weighted by Crippen LogP contribution is 2.36. The Morgan fingerprint density at radius 3 is 2.43 bits per heavy atom. The predicted molar refractivity (Wildman–Crippen MR) is 136 cm³/mol. The van der Waals surface area contributed by atoms with Crippen molar-refractivity contribution in [1.82, 2.24) is 14.6 Å². The third-order valence-electron chi connectivity index (χ3n) is 5.98. The van der Waals surface area contributed by atoms with Crippen LogP contribution < -0.4 is 19.7 Å². The van der Waals surface area contributed by atoms with Crippen LogP contribution in [0.1, 0.15) is 18.1 Å². The minimum Gasteiger partial charge on any atom is -0.426 e. The van der Waals surface area contributed by atoms with Crippen molar-refractivity contribution in [2.75, 3.05) is 4.90 Å². The number of aromatic nitrogens is 3. The van der Waals surface area contributed by atoms with Crippen molar-refractivity contribution in [2.45, 2.75) is 13.5 Å². The van der Waals surface area contributed by atoms with Crippen LogP contribution in [0.4, 0.5) is 10.1 Å². The van der Waals surface area contributed by atoms with Gasteiger partial charge in [0.2, 0.25) is 4.96 Å². The molecule has 0 N–H and O–H groups in total. The number of thiazole rings is 1. The summed E-state index contributed by atoms with van der Waals surface area (Å²) in [6, 6.07) is 20.1. The fourth-order valence-electron chi connectivity index (χ4n) is 4.35. The van der Waals surface area contributed by atoms with Gasteiger partial charge in [-0.2, -0.15) is 9.50 Å². The lowest BCUT2D eigenvalue weighted by molar-refractivity contribution is -0.131. The smallest absolute Gasteiger partial charge is 0.308 e. The second-order valence-corrected chi connectivity index (χ2v) is 9.31. The Balaban J connectivity index is 1.48. The molecule has 3 aromatic carbocycles. The van der Waals surface area contributed by atoms with Crippen LogP contribution in [0.25, 0.3) is 21.9 Å². The lowest BCUT2D eigenvalue weighted by Gasteiger charge is -2.17. The lowest BCUT2D eigenvalue weighted by atomic mass is 10.1. The van der Waals surface area contributed by atoms with Gasteiger partial charge in [0, 0.05) is 18.1 Å². The summed E-state index contributed by atoms with van der Waals surface area (Å²) < 4.78 is 20.9. The lowest BCUT2D eigenvalue weighted by Crippen LogP contribution is -2.32. The number of esters is 1. The summed E-state index contributed by atoms with van der Waals surface area (Å²) in [6.07, 6.45) is 0. The zero-order valence-corrected chi connectivity index (χ0v) is 20.2. The molecule has 0 saturated carbocycles. The van der Waals surface area contributed by atoms with E-state index in [1.54, 1.807) is 66.7 Å². The van der Waals surface area contributed by atoms with E-state index >= 15 is 0 Å². The van der Waals surface area contributed by atoms with Crippen LogP contribution in [0, 0.1) is 5.82 Å². The molecule has 1 aliphatic rings. The highest BCUT2D eigenvalue weighted by molar-refractivity contribution is 7.15. The molecule has 37 heavy (non-hydrogen) atoms. The van der Waals surface area contributed by atoms with Crippen molar-refractivity contribution < 1.29 is 18.7 Å².